The summed E-state index contributed by atoms with van der Waals surface area (Å²) in [6, 6.07) is 14.8. The molecular weight excluding hydrogens is 424 g/mol. The number of imidazole rings is 1. The van der Waals surface area contributed by atoms with Crippen molar-refractivity contribution >= 4 is 16.9 Å². The van der Waals surface area contributed by atoms with E-state index in [9.17, 15) is 9.59 Å². The van der Waals surface area contributed by atoms with Crippen LogP contribution in [0.1, 0.15) is 86.2 Å². The molecule has 3 aliphatic rings. The third kappa shape index (κ3) is 3.26. The second kappa shape index (κ2) is 8.42. The predicted octanol–water partition coefficient (Wildman–Crippen LogP) is 4.44. The lowest BCUT2D eigenvalue weighted by Gasteiger charge is -2.41. The number of rotatable bonds is 5. The zero-order chi connectivity index (χ0) is 23.4. The number of aryl methyl sites for hydroxylation is 1. The summed E-state index contributed by atoms with van der Waals surface area (Å²) >= 11 is 0. The molecule has 0 radical (unpaired) electrons. The number of aromatic nitrogens is 2. The molecule has 3 aromatic rings. The van der Waals surface area contributed by atoms with Crippen molar-refractivity contribution < 1.29 is 4.79 Å². The van der Waals surface area contributed by atoms with Gasteiger partial charge in [-0.3, -0.25) is 18.8 Å². The van der Waals surface area contributed by atoms with Gasteiger partial charge >= 0.3 is 5.69 Å². The van der Waals surface area contributed by atoms with Gasteiger partial charge in [0.1, 0.15) is 6.04 Å². The van der Waals surface area contributed by atoms with Crippen LogP contribution < -0.4 is 11.4 Å². The molecule has 0 bridgehead atoms. The number of hydrogen-bond donors (Lipinski definition) is 1. The Hall–Kier alpha value is -2.86. The van der Waals surface area contributed by atoms with Gasteiger partial charge in [-0.1, -0.05) is 37.3 Å². The molecule has 34 heavy (non-hydrogen) atoms. The molecule has 2 aromatic carbocycles. The van der Waals surface area contributed by atoms with Crippen molar-refractivity contribution in [1.82, 2.24) is 14.0 Å². The van der Waals surface area contributed by atoms with E-state index in [1.165, 1.54) is 25.7 Å². The highest BCUT2D eigenvalue weighted by Gasteiger charge is 2.37. The van der Waals surface area contributed by atoms with Crippen LogP contribution in [-0.2, 0) is 11.2 Å². The van der Waals surface area contributed by atoms with Crippen LogP contribution in [0.5, 0.6) is 0 Å². The Labute approximate surface area is 200 Å². The maximum absolute atomic E-state index is 13.6. The third-order valence-electron chi connectivity index (χ3n) is 8.69. The summed E-state index contributed by atoms with van der Waals surface area (Å²) in [5.74, 6) is 0.315. The van der Waals surface area contributed by atoms with E-state index in [1.54, 1.807) is 21.3 Å². The molecule has 6 nitrogen and oxygen atoms in total. The van der Waals surface area contributed by atoms with Gasteiger partial charge in [-0.15, -0.1) is 0 Å². The summed E-state index contributed by atoms with van der Waals surface area (Å²) < 4.78 is 3.56. The number of carbonyl (C=O) groups excluding carboxylic acids is 1. The van der Waals surface area contributed by atoms with Gasteiger partial charge in [0.2, 0.25) is 5.91 Å². The average molecular weight is 459 g/mol. The zero-order valence-corrected chi connectivity index (χ0v) is 20.0. The van der Waals surface area contributed by atoms with Gasteiger partial charge in [-0.05, 0) is 79.7 Å². The number of hydrogen-bond acceptors (Lipinski definition) is 3. The lowest BCUT2D eigenvalue weighted by Crippen LogP contribution is -2.41. The molecule has 6 rings (SSSR count). The van der Waals surface area contributed by atoms with E-state index in [-0.39, 0.29) is 11.7 Å². The number of primary amides is 1. The van der Waals surface area contributed by atoms with Crippen molar-refractivity contribution in [2.75, 3.05) is 13.1 Å². The normalized spacial score (nSPS) is 23.8. The summed E-state index contributed by atoms with van der Waals surface area (Å²) in [6.07, 6.45) is 7.48. The molecular formula is C28H34N4O2. The first-order valence-electron chi connectivity index (χ1n) is 12.9. The molecule has 2 aliphatic carbocycles. The van der Waals surface area contributed by atoms with Crippen LogP contribution in [0.2, 0.25) is 0 Å². The van der Waals surface area contributed by atoms with E-state index in [2.05, 4.69) is 23.1 Å². The third-order valence-corrected chi connectivity index (χ3v) is 8.69. The van der Waals surface area contributed by atoms with E-state index >= 15 is 0 Å². The SMILES string of the molecule is CCC(C(N)=O)n1c(=O)n(C2CCN(C3CCC4CCc5cccc3c54)CC2)c2ccccc21. The molecule has 0 spiro atoms. The molecule has 1 aromatic heterocycles. The Bertz CT molecular complexity index is 1300. The fourth-order valence-electron chi connectivity index (χ4n) is 7.11. The van der Waals surface area contributed by atoms with Gasteiger partial charge in [0.05, 0.1) is 11.0 Å². The van der Waals surface area contributed by atoms with Crippen molar-refractivity contribution in [2.24, 2.45) is 5.73 Å². The highest BCUT2D eigenvalue weighted by molar-refractivity contribution is 5.83. The van der Waals surface area contributed by atoms with Crippen molar-refractivity contribution in [3.63, 3.8) is 0 Å². The molecule has 1 amide bonds. The minimum atomic E-state index is -0.617. The number of amides is 1. The maximum Gasteiger partial charge on any atom is 0.330 e. The molecule has 178 valence electrons. The molecule has 2 heterocycles. The summed E-state index contributed by atoms with van der Waals surface area (Å²) in [4.78, 5) is 28.4. The molecule has 6 heteroatoms. The Kier molecular flexibility index (Phi) is 5.36. The van der Waals surface area contributed by atoms with Gasteiger partial charge < -0.3 is 5.73 Å². The fraction of sp³-hybridized carbons (Fsp3) is 0.500. The van der Waals surface area contributed by atoms with Crippen molar-refractivity contribution in [1.29, 1.82) is 0 Å². The first-order chi connectivity index (χ1) is 16.6. The number of benzene rings is 2. The number of likely N-dealkylation sites (tertiary alicyclic amines) is 1. The number of carbonyl (C=O) groups is 1. The van der Waals surface area contributed by atoms with Gasteiger partial charge in [-0.25, -0.2) is 4.79 Å². The largest absolute Gasteiger partial charge is 0.368 e. The summed E-state index contributed by atoms with van der Waals surface area (Å²) in [6.45, 7) is 3.88. The van der Waals surface area contributed by atoms with Crippen molar-refractivity contribution in [2.45, 2.75) is 75.9 Å². The Morgan fingerprint density at radius 3 is 2.50 bits per heavy atom. The van der Waals surface area contributed by atoms with Crippen LogP contribution in [0.25, 0.3) is 11.0 Å². The summed E-state index contributed by atoms with van der Waals surface area (Å²) in [7, 11) is 0. The van der Waals surface area contributed by atoms with Gasteiger partial charge in [0.25, 0.3) is 0 Å². The summed E-state index contributed by atoms with van der Waals surface area (Å²) in [5, 5.41) is 0. The molecule has 1 saturated heterocycles. The van der Waals surface area contributed by atoms with E-state index in [1.807, 2.05) is 35.8 Å². The Morgan fingerprint density at radius 1 is 1.00 bits per heavy atom. The van der Waals surface area contributed by atoms with Crippen LogP contribution >= 0.6 is 0 Å². The minimum Gasteiger partial charge on any atom is -0.368 e. The highest BCUT2D eigenvalue weighted by atomic mass is 16.2. The Morgan fingerprint density at radius 2 is 1.76 bits per heavy atom. The molecule has 3 unspecified atom stereocenters. The standard InChI is InChI=1S/C28H34N4O2/c1-2-22(27(29)33)32-25-9-4-3-8-24(25)31(28(32)34)20-14-16-30(17-15-20)23-13-12-19-11-10-18-6-5-7-21(23)26(18)19/h3-9,19-20,22-23H,2,10-17H2,1H3,(H2,29,33). The number of piperidine rings is 1. The quantitative estimate of drug-likeness (QED) is 0.614. The Balaban J connectivity index is 1.29. The molecule has 3 atom stereocenters. The van der Waals surface area contributed by atoms with Crippen molar-refractivity contribution in [3.05, 3.63) is 69.6 Å². The second-order valence-electron chi connectivity index (χ2n) is 10.4. The van der Waals surface area contributed by atoms with Crippen molar-refractivity contribution in [3.8, 4) is 0 Å². The minimum absolute atomic E-state index is 0.105. The van der Waals surface area contributed by atoms with Crippen LogP contribution in [-0.4, -0.2) is 33.0 Å². The first-order valence-corrected chi connectivity index (χ1v) is 12.9. The second-order valence-corrected chi connectivity index (χ2v) is 10.4. The topological polar surface area (TPSA) is 73.3 Å². The number of fused-ring (bicyclic) bond motifs is 1. The summed E-state index contributed by atoms with van der Waals surface area (Å²) in [5.41, 5.74) is 12.1. The fourth-order valence-corrected chi connectivity index (χ4v) is 7.11. The predicted molar refractivity (Wildman–Crippen MR) is 134 cm³/mol. The van der Waals surface area contributed by atoms with Crippen LogP contribution in [0.15, 0.2) is 47.3 Å². The zero-order valence-electron chi connectivity index (χ0n) is 20.0. The molecule has 0 saturated carbocycles. The first kappa shape index (κ1) is 21.7. The smallest absolute Gasteiger partial charge is 0.330 e. The van der Waals surface area contributed by atoms with E-state index in [0.29, 0.717) is 12.5 Å². The lowest BCUT2D eigenvalue weighted by atomic mass is 9.80. The average Bonchev–Trinajstić information content (AvgIpc) is 3.40. The van der Waals surface area contributed by atoms with Gasteiger partial charge in [0, 0.05) is 25.2 Å². The monoisotopic (exact) mass is 458 g/mol. The number of nitrogens with zero attached hydrogens (tertiary/aromatic N) is 3. The molecule has 1 aliphatic heterocycles. The van der Waals surface area contributed by atoms with E-state index in [4.69, 9.17) is 5.73 Å². The van der Waals surface area contributed by atoms with Gasteiger partial charge in [0.15, 0.2) is 0 Å². The number of para-hydroxylation sites is 2. The maximum atomic E-state index is 13.6. The highest BCUT2D eigenvalue weighted by Crippen LogP contribution is 2.48. The molecule has 1 fully saturated rings. The molecule has 2 N–H and O–H groups in total. The van der Waals surface area contributed by atoms with Crippen LogP contribution in [0.3, 0.4) is 0 Å². The number of nitrogens with two attached hydrogens (primary N) is 1. The van der Waals surface area contributed by atoms with E-state index < -0.39 is 11.9 Å². The van der Waals surface area contributed by atoms with Crippen LogP contribution in [0.4, 0.5) is 0 Å². The van der Waals surface area contributed by atoms with Crippen LogP contribution in [0, 0.1) is 0 Å². The van der Waals surface area contributed by atoms with Gasteiger partial charge in [-0.2, -0.15) is 0 Å². The van der Waals surface area contributed by atoms with E-state index in [0.717, 1.165) is 42.9 Å². The lowest BCUT2D eigenvalue weighted by molar-refractivity contribution is -0.121.